The van der Waals surface area contributed by atoms with Crippen molar-refractivity contribution in [1.29, 1.82) is 0 Å². The summed E-state index contributed by atoms with van der Waals surface area (Å²) in [5, 5.41) is 0.849. The molecule has 1 amide bonds. The third kappa shape index (κ3) is 3.80. The Morgan fingerprint density at radius 2 is 1.91 bits per heavy atom. The molecule has 1 N–H and O–H groups in total. The minimum absolute atomic E-state index is 0.202. The first-order valence-electron chi connectivity index (χ1n) is 8.17. The number of benzene rings is 1. The Morgan fingerprint density at radius 3 is 2.59 bits per heavy atom. The first-order chi connectivity index (χ1) is 10.7. The normalized spacial score (nSPS) is 26.0. The van der Waals surface area contributed by atoms with Gasteiger partial charge in [0.2, 0.25) is 5.91 Å². The molecule has 2 aliphatic heterocycles. The average Bonchev–Trinajstić information content (AvgIpc) is 2.58. The van der Waals surface area contributed by atoms with E-state index in [-0.39, 0.29) is 5.92 Å². The van der Waals surface area contributed by atoms with E-state index in [0.29, 0.717) is 19.1 Å². The van der Waals surface area contributed by atoms with Gasteiger partial charge in [-0.15, -0.1) is 0 Å². The van der Waals surface area contributed by atoms with Crippen LogP contribution in [0.5, 0.6) is 0 Å². The summed E-state index contributed by atoms with van der Waals surface area (Å²) in [4.78, 5) is 16.0. The van der Waals surface area contributed by atoms with Gasteiger partial charge in [0, 0.05) is 42.4 Å². The molecule has 2 fully saturated rings. The van der Waals surface area contributed by atoms with Crippen LogP contribution in [0.2, 0.25) is 5.02 Å². The van der Waals surface area contributed by atoms with Crippen LogP contribution in [0.25, 0.3) is 0 Å². The number of carbonyl (C=O) groups excluding carboxylic acids is 1. The molecule has 0 unspecified atom stereocenters. The van der Waals surface area contributed by atoms with Gasteiger partial charge >= 0.3 is 0 Å². The minimum Gasteiger partial charge on any atom is -0.378 e. The lowest BCUT2D eigenvalue weighted by molar-refractivity contribution is -0.919. The molecule has 0 aromatic heterocycles. The van der Waals surface area contributed by atoms with Gasteiger partial charge in [-0.3, -0.25) is 4.79 Å². The molecule has 1 aromatic rings. The summed E-state index contributed by atoms with van der Waals surface area (Å²) in [5.41, 5.74) is 1.21. The van der Waals surface area contributed by atoms with E-state index < -0.39 is 0 Å². The van der Waals surface area contributed by atoms with Gasteiger partial charge in [-0.1, -0.05) is 29.8 Å². The molecule has 0 atom stereocenters. The molecule has 0 spiro atoms. The summed E-state index contributed by atoms with van der Waals surface area (Å²) in [5.74, 6) is 0.535. The highest BCUT2D eigenvalue weighted by molar-refractivity contribution is 6.31. The number of morpholine rings is 1. The first-order valence-corrected chi connectivity index (χ1v) is 8.55. The second-order valence-corrected chi connectivity index (χ2v) is 6.64. The van der Waals surface area contributed by atoms with Gasteiger partial charge in [0.05, 0.1) is 26.3 Å². The molecule has 22 heavy (non-hydrogen) atoms. The number of likely N-dealkylation sites (tertiary alicyclic amines) is 1. The zero-order chi connectivity index (χ0) is 15.4. The molecule has 0 saturated carbocycles. The zero-order valence-electron chi connectivity index (χ0n) is 12.9. The molecule has 0 radical (unpaired) electrons. The van der Waals surface area contributed by atoms with Crippen LogP contribution < -0.4 is 4.90 Å². The third-order valence-corrected chi connectivity index (χ3v) is 5.13. The molecule has 3 rings (SSSR count). The van der Waals surface area contributed by atoms with Crippen LogP contribution in [0.4, 0.5) is 0 Å². The van der Waals surface area contributed by atoms with Crippen LogP contribution in [0.15, 0.2) is 24.3 Å². The lowest BCUT2D eigenvalue weighted by Gasteiger charge is -2.34. The number of carbonyl (C=O) groups is 1. The summed E-state index contributed by atoms with van der Waals surface area (Å²) in [6.45, 7) is 5.93. The van der Waals surface area contributed by atoms with Crippen LogP contribution >= 0.6 is 11.6 Å². The molecule has 2 heterocycles. The summed E-state index contributed by atoms with van der Waals surface area (Å²) in [7, 11) is 0. The minimum atomic E-state index is 0.202. The number of hydrogen-bond acceptors (Lipinski definition) is 2. The average molecular weight is 324 g/mol. The molecule has 5 heteroatoms. The Bertz CT molecular complexity index is 509. The molecule has 1 aromatic carbocycles. The van der Waals surface area contributed by atoms with E-state index in [1.807, 2.05) is 23.1 Å². The number of nitrogens with one attached hydrogen (secondary N) is 1. The number of rotatable bonds is 3. The fourth-order valence-electron chi connectivity index (χ4n) is 3.40. The van der Waals surface area contributed by atoms with Gasteiger partial charge in [0.25, 0.3) is 0 Å². The van der Waals surface area contributed by atoms with E-state index in [2.05, 4.69) is 6.07 Å². The van der Waals surface area contributed by atoms with E-state index in [4.69, 9.17) is 16.3 Å². The van der Waals surface area contributed by atoms with Gasteiger partial charge < -0.3 is 14.5 Å². The van der Waals surface area contributed by atoms with E-state index in [9.17, 15) is 4.79 Å². The fourth-order valence-corrected chi connectivity index (χ4v) is 3.61. The number of amides is 1. The monoisotopic (exact) mass is 323 g/mol. The van der Waals surface area contributed by atoms with Gasteiger partial charge in [-0.2, -0.15) is 0 Å². The van der Waals surface area contributed by atoms with Crippen molar-refractivity contribution in [2.45, 2.75) is 19.4 Å². The summed E-state index contributed by atoms with van der Waals surface area (Å²) >= 11 is 6.24. The predicted molar refractivity (Wildman–Crippen MR) is 86.0 cm³/mol. The number of halogens is 1. The second-order valence-electron chi connectivity index (χ2n) is 6.23. The van der Waals surface area contributed by atoms with Gasteiger partial charge in [-0.05, 0) is 6.07 Å². The van der Waals surface area contributed by atoms with Crippen molar-refractivity contribution in [3.05, 3.63) is 34.9 Å². The van der Waals surface area contributed by atoms with Crippen molar-refractivity contribution < 1.29 is 14.4 Å². The maximum absolute atomic E-state index is 12.5. The maximum Gasteiger partial charge on any atom is 0.226 e. The number of piperidine rings is 1. The summed E-state index contributed by atoms with van der Waals surface area (Å²) < 4.78 is 5.32. The van der Waals surface area contributed by atoms with Crippen molar-refractivity contribution >= 4 is 17.5 Å². The third-order valence-electron chi connectivity index (χ3n) is 4.76. The SMILES string of the molecule is O=C(C1CC[NH+](Cc2ccccc2Cl)CC1)N1CCOCC1. The van der Waals surface area contributed by atoms with E-state index in [0.717, 1.165) is 50.6 Å². The molecular formula is C17H24ClN2O2+. The quantitative estimate of drug-likeness (QED) is 0.900. The summed E-state index contributed by atoms with van der Waals surface area (Å²) in [6.07, 6.45) is 1.96. The number of quaternary nitrogens is 1. The van der Waals surface area contributed by atoms with Crippen LogP contribution in [0.3, 0.4) is 0 Å². The second kappa shape index (κ2) is 7.44. The lowest BCUT2D eigenvalue weighted by Crippen LogP contribution is -3.11. The van der Waals surface area contributed by atoms with Crippen LogP contribution in [-0.2, 0) is 16.1 Å². The Morgan fingerprint density at radius 1 is 1.23 bits per heavy atom. The topological polar surface area (TPSA) is 34.0 Å². The molecular weight excluding hydrogens is 300 g/mol. The van der Waals surface area contributed by atoms with Crippen molar-refractivity contribution in [3.63, 3.8) is 0 Å². The number of nitrogens with zero attached hydrogens (tertiary/aromatic N) is 1. The molecule has 120 valence electrons. The number of hydrogen-bond donors (Lipinski definition) is 1. The van der Waals surface area contributed by atoms with Crippen molar-refractivity contribution in [1.82, 2.24) is 4.90 Å². The van der Waals surface area contributed by atoms with Gasteiger partial charge in [-0.25, -0.2) is 0 Å². The van der Waals surface area contributed by atoms with Crippen LogP contribution in [0, 0.1) is 5.92 Å². The zero-order valence-corrected chi connectivity index (χ0v) is 13.6. The van der Waals surface area contributed by atoms with Crippen LogP contribution in [0.1, 0.15) is 18.4 Å². The molecule has 0 bridgehead atoms. The Hall–Kier alpha value is -1.10. The van der Waals surface area contributed by atoms with Gasteiger partial charge in [0.1, 0.15) is 6.54 Å². The Kier molecular flexibility index (Phi) is 5.34. The van der Waals surface area contributed by atoms with Crippen LogP contribution in [-0.4, -0.2) is 50.2 Å². The molecule has 2 saturated heterocycles. The Labute approximate surface area is 137 Å². The smallest absolute Gasteiger partial charge is 0.226 e. The van der Waals surface area contributed by atoms with Crippen molar-refractivity contribution in [2.75, 3.05) is 39.4 Å². The largest absolute Gasteiger partial charge is 0.378 e. The Balaban J connectivity index is 1.50. The predicted octanol–water partition coefficient (Wildman–Crippen LogP) is 0.994. The van der Waals surface area contributed by atoms with E-state index >= 15 is 0 Å². The number of ether oxygens (including phenoxy) is 1. The lowest BCUT2D eigenvalue weighted by atomic mass is 9.94. The standard InChI is InChI=1S/C17H23ClN2O2/c18-16-4-2-1-3-15(16)13-19-7-5-14(6-8-19)17(21)20-9-11-22-12-10-20/h1-4,14H,5-13H2/p+1. The molecule has 0 aliphatic carbocycles. The highest BCUT2D eigenvalue weighted by Crippen LogP contribution is 2.17. The highest BCUT2D eigenvalue weighted by Gasteiger charge is 2.31. The van der Waals surface area contributed by atoms with Crippen molar-refractivity contribution in [3.8, 4) is 0 Å². The highest BCUT2D eigenvalue weighted by atomic mass is 35.5. The van der Waals surface area contributed by atoms with Gasteiger partial charge in [0.15, 0.2) is 0 Å². The first kappa shape index (κ1) is 15.8. The van der Waals surface area contributed by atoms with Crippen molar-refractivity contribution in [2.24, 2.45) is 5.92 Å². The van der Waals surface area contributed by atoms with E-state index in [1.165, 1.54) is 10.5 Å². The summed E-state index contributed by atoms with van der Waals surface area (Å²) in [6, 6.07) is 8.05. The molecule has 2 aliphatic rings. The fraction of sp³-hybridized carbons (Fsp3) is 0.588. The van der Waals surface area contributed by atoms with E-state index in [1.54, 1.807) is 0 Å². The molecule has 4 nitrogen and oxygen atoms in total. The maximum atomic E-state index is 12.5.